The predicted molar refractivity (Wildman–Crippen MR) is 93.5 cm³/mol. The topological polar surface area (TPSA) is 63.4 Å². The van der Waals surface area contributed by atoms with Gasteiger partial charge in [-0.3, -0.25) is 4.79 Å². The van der Waals surface area contributed by atoms with Crippen LogP contribution in [-0.4, -0.2) is 37.8 Å². The minimum Gasteiger partial charge on any atom is -0.311 e. The van der Waals surface area contributed by atoms with Crippen molar-refractivity contribution in [2.24, 2.45) is 0 Å². The standard InChI is InChI=1S/C17H17N5OS/c1-11-9-12(2)22-16(18-11)19-17(20-22)24-10-15(23)21-8-7-13-5-3-4-6-14(13)21/h3-6,9H,7-8,10H2,1-2H3. The molecule has 4 rings (SSSR count). The molecule has 0 radical (unpaired) electrons. The first-order valence-electron chi connectivity index (χ1n) is 7.84. The third kappa shape index (κ3) is 2.65. The molecule has 24 heavy (non-hydrogen) atoms. The summed E-state index contributed by atoms with van der Waals surface area (Å²) in [6, 6.07) is 10.0. The molecule has 0 atom stereocenters. The Morgan fingerprint density at radius 3 is 2.96 bits per heavy atom. The van der Waals surface area contributed by atoms with Gasteiger partial charge in [0.25, 0.3) is 5.78 Å². The number of thioether (sulfide) groups is 1. The molecule has 6 nitrogen and oxygen atoms in total. The lowest BCUT2D eigenvalue weighted by Gasteiger charge is -2.16. The van der Waals surface area contributed by atoms with Crippen molar-refractivity contribution in [3.8, 4) is 0 Å². The van der Waals surface area contributed by atoms with Crippen molar-refractivity contribution in [1.82, 2.24) is 19.6 Å². The molecule has 2 aromatic heterocycles. The molecule has 1 aliphatic rings. The number of carbonyl (C=O) groups excluding carboxylic acids is 1. The van der Waals surface area contributed by atoms with Gasteiger partial charge in [0, 0.05) is 23.6 Å². The van der Waals surface area contributed by atoms with Crippen molar-refractivity contribution in [3.63, 3.8) is 0 Å². The van der Waals surface area contributed by atoms with E-state index in [4.69, 9.17) is 0 Å². The average Bonchev–Trinajstić information content (AvgIpc) is 3.16. The summed E-state index contributed by atoms with van der Waals surface area (Å²) in [5.41, 5.74) is 4.15. The van der Waals surface area contributed by atoms with E-state index in [1.165, 1.54) is 17.3 Å². The molecule has 1 amide bonds. The van der Waals surface area contributed by atoms with Crippen molar-refractivity contribution < 1.29 is 4.79 Å². The Balaban J connectivity index is 1.49. The first-order valence-corrected chi connectivity index (χ1v) is 8.82. The summed E-state index contributed by atoms with van der Waals surface area (Å²) in [4.78, 5) is 23.2. The fraction of sp³-hybridized carbons (Fsp3) is 0.294. The zero-order valence-corrected chi connectivity index (χ0v) is 14.4. The Bertz CT molecular complexity index is 936. The summed E-state index contributed by atoms with van der Waals surface area (Å²) >= 11 is 1.36. The smallest absolute Gasteiger partial charge is 0.253 e. The second-order valence-electron chi connectivity index (χ2n) is 5.86. The van der Waals surface area contributed by atoms with E-state index in [0.29, 0.717) is 16.7 Å². The fourth-order valence-electron chi connectivity index (χ4n) is 3.01. The van der Waals surface area contributed by atoms with Gasteiger partial charge >= 0.3 is 0 Å². The zero-order chi connectivity index (χ0) is 16.7. The van der Waals surface area contributed by atoms with Crippen LogP contribution in [0.1, 0.15) is 17.0 Å². The van der Waals surface area contributed by atoms with Crippen LogP contribution in [0.3, 0.4) is 0 Å². The summed E-state index contributed by atoms with van der Waals surface area (Å²) in [5.74, 6) is 0.988. The summed E-state index contributed by atoms with van der Waals surface area (Å²) < 4.78 is 1.71. The van der Waals surface area contributed by atoms with Crippen LogP contribution < -0.4 is 4.90 Å². The van der Waals surface area contributed by atoms with Gasteiger partial charge in [0.15, 0.2) is 0 Å². The molecule has 0 saturated carbocycles. The Kier molecular flexibility index (Phi) is 3.72. The van der Waals surface area contributed by atoms with Gasteiger partial charge in [0.1, 0.15) is 0 Å². The van der Waals surface area contributed by atoms with E-state index in [2.05, 4.69) is 21.1 Å². The molecule has 3 aromatic rings. The zero-order valence-electron chi connectivity index (χ0n) is 13.6. The third-order valence-electron chi connectivity index (χ3n) is 4.11. The molecule has 0 spiro atoms. The van der Waals surface area contributed by atoms with Crippen LogP contribution in [-0.2, 0) is 11.2 Å². The SMILES string of the molecule is Cc1cc(C)n2nc(SCC(=O)N3CCc4ccccc43)nc2n1. The lowest BCUT2D eigenvalue weighted by molar-refractivity contribution is -0.116. The van der Waals surface area contributed by atoms with Crippen LogP contribution in [0.5, 0.6) is 0 Å². The first-order chi connectivity index (χ1) is 11.6. The second kappa shape index (κ2) is 5.90. The molecule has 0 bridgehead atoms. The Morgan fingerprint density at radius 1 is 1.25 bits per heavy atom. The highest BCUT2D eigenvalue weighted by molar-refractivity contribution is 7.99. The van der Waals surface area contributed by atoms with Crippen molar-refractivity contribution in [1.29, 1.82) is 0 Å². The molecule has 7 heteroatoms. The number of amides is 1. The Hall–Kier alpha value is -2.41. The molecule has 0 N–H and O–H groups in total. The maximum atomic E-state index is 12.5. The molecule has 122 valence electrons. The molecule has 0 saturated heterocycles. The Morgan fingerprint density at radius 2 is 2.08 bits per heavy atom. The van der Waals surface area contributed by atoms with Gasteiger partial charge < -0.3 is 4.90 Å². The molecule has 0 unspecified atom stereocenters. The van der Waals surface area contributed by atoms with Crippen molar-refractivity contribution >= 4 is 29.1 Å². The number of benzene rings is 1. The van der Waals surface area contributed by atoms with Crippen LogP contribution in [0.4, 0.5) is 5.69 Å². The van der Waals surface area contributed by atoms with Crippen molar-refractivity contribution in [3.05, 3.63) is 47.3 Å². The van der Waals surface area contributed by atoms with Crippen LogP contribution in [0.25, 0.3) is 5.78 Å². The number of nitrogens with zero attached hydrogens (tertiary/aromatic N) is 5. The predicted octanol–water partition coefficient (Wildman–Crippen LogP) is 2.42. The molecule has 0 fully saturated rings. The monoisotopic (exact) mass is 339 g/mol. The van der Waals surface area contributed by atoms with E-state index in [1.54, 1.807) is 4.52 Å². The number of carbonyl (C=O) groups is 1. The number of aromatic nitrogens is 4. The second-order valence-corrected chi connectivity index (χ2v) is 6.80. The van der Waals surface area contributed by atoms with Crippen molar-refractivity contribution in [2.75, 3.05) is 17.2 Å². The minimum absolute atomic E-state index is 0.0877. The van der Waals surface area contributed by atoms with Crippen LogP contribution in [0.2, 0.25) is 0 Å². The maximum Gasteiger partial charge on any atom is 0.253 e. The summed E-state index contributed by atoms with van der Waals surface area (Å²) in [6.07, 6.45) is 0.918. The van der Waals surface area contributed by atoms with E-state index >= 15 is 0 Å². The van der Waals surface area contributed by atoms with Gasteiger partial charge in [-0.2, -0.15) is 4.98 Å². The summed E-state index contributed by atoms with van der Waals surface area (Å²) in [7, 11) is 0. The van der Waals surface area contributed by atoms with Gasteiger partial charge in [0.05, 0.1) is 5.75 Å². The maximum absolute atomic E-state index is 12.5. The van der Waals surface area contributed by atoms with E-state index < -0.39 is 0 Å². The number of rotatable bonds is 3. The molecule has 1 aromatic carbocycles. The number of anilines is 1. The molecular formula is C17H17N5OS. The van der Waals surface area contributed by atoms with E-state index in [1.807, 2.05) is 43.0 Å². The minimum atomic E-state index is 0.0877. The normalized spacial score (nSPS) is 13.5. The highest BCUT2D eigenvalue weighted by Gasteiger charge is 2.24. The molecule has 3 heterocycles. The van der Waals surface area contributed by atoms with E-state index in [-0.39, 0.29) is 5.91 Å². The third-order valence-corrected chi connectivity index (χ3v) is 4.93. The quantitative estimate of drug-likeness (QED) is 0.686. The number of aryl methyl sites for hydroxylation is 2. The van der Waals surface area contributed by atoms with Crippen LogP contribution in [0.15, 0.2) is 35.5 Å². The van der Waals surface area contributed by atoms with Crippen LogP contribution in [0, 0.1) is 13.8 Å². The lowest BCUT2D eigenvalue weighted by Crippen LogP contribution is -2.30. The number of hydrogen-bond acceptors (Lipinski definition) is 5. The Labute approximate surface area is 143 Å². The number of fused-ring (bicyclic) bond motifs is 2. The van der Waals surface area contributed by atoms with Gasteiger partial charge in [-0.15, -0.1) is 5.10 Å². The average molecular weight is 339 g/mol. The molecule has 0 aliphatic carbocycles. The summed E-state index contributed by atoms with van der Waals surface area (Å²) in [5, 5.41) is 5.01. The van der Waals surface area contributed by atoms with E-state index in [9.17, 15) is 4.79 Å². The molecular weight excluding hydrogens is 322 g/mol. The van der Waals surface area contributed by atoms with Crippen molar-refractivity contribution in [2.45, 2.75) is 25.4 Å². The first kappa shape index (κ1) is 15.1. The lowest BCUT2D eigenvalue weighted by atomic mass is 10.2. The van der Waals surface area contributed by atoms with Crippen LogP contribution >= 0.6 is 11.8 Å². The van der Waals surface area contributed by atoms with Gasteiger partial charge in [-0.05, 0) is 38.0 Å². The number of para-hydroxylation sites is 1. The largest absolute Gasteiger partial charge is 0.311 e. The molecule has 1 aliphatic heterocycles. The van der Waals surface area contributed by atoms with Gasteiger partial charge in [0.2, 0.25) is 11.1 Å². The van der Waals surface area contributed by atoms with Gasteiger partial charge in [-0.1, -0.05) is 30.0 Å². The van der Waals surface area contributed by atoms with Gasteiger partial charge in [-0.25, -0.2) is 9.50 Å². The fourth-order valence-corrected chi connectivity index (χ4v) is 3.70. The summed E-state index contributed by atoms with van der Waals surface area (Å²) in [6.45, 7) is 4.65. The number of hydrogen-bond donors (Lipinski definition) is 0. The highest BCUT2D eigenvalue weighted by atomic mass is 32.2. The highest BCUT2D eigenvalue weighted by Crippen LogP contribution is 2.28. The van der Waals surface area contributed by atoms with E-state index in [0.717, 1.165) is 30.0 Å².